The summed E-state index contributed by atoms with van der Waals surface area (Å²) >= 11 is 0. The average Bonchev–Trinajstić information content (AvgIpc) is 3.12. The Balaban J connectivity index is 1.90. The van der Waals surface area contributed by atoms with Gasteiger partial charge in [0.05, 0.1) is 19.5 Å². The quantitative estimate of drug-likeness (QED) is 0.396. The van der Waals surface area contributed by atoms with Crippen molar-refractivity contribution in [1.29, 1.82) is 0 Å². The molecule has 2 atom stereocenters. The predicted molar refractivity (Wildman–Crippen MR) is 62.0 cm³/mol. The van der Waals surface area contributed by atoms with E-state index < -0.39 is 5.79 Å². The molecule has 1 aliphatic heterocycles. The molecule has 2 aliphatic rings. The molecule has 92 valence electrons. The molecule has 1 saturated carbocycles. The molecule has 2 rings (SSSR count). The van der Waals surface area contributed by atoms with Crippen LogP contribution in [0.3, 0.4) is 0 Å². The van der Waals surface area contributed by atoms with Crippen molar-refractivity contribution in [2.75, 3.05) is 13.2 Å². The zero-order valence-electron chi connectivity index (χ0n) is 10.1. The molecule has 0 aromatic carbocycles. The SMILES string of the molecule is C=COC(C)(OCC1CO1)C1CCCCC1. The van der Waals surface area contributed by atoms with Gasteiger partial charge in [-0.1, -0.05) is 25.8 Å². The second-order valence-electron chi connectivity index (χ2n) is 4.90. The molecule has 3 nitrogen and oxygen atoms in total. The van der Waals surface area contributed by atoms with Crippen LogP contribution < -0.4 is 0 Å². The van der Waals surface area contributed by atoms with Gasteiger partial charge in [-0.15, -0.1) is 0 Å². The monoisotopic (exact) mass is 226 g/mol. The van der Waals surface area contributed by atoms with Gasteiger partial charge in [0.25, 0.3) is 0 Å². The summed E-state index contributed by atoms with van der Waals surface area (Å²) in [7, 11) is 0. The molecule has 1 saturated heterocycles. The molecule has 2 unspecified atom stereocenters. The normalized spacial score (nSPS) is 29.4. The maximum atomic E-state index is 5.91. The van der Waals surface area contributed by atoms with E-state index in [-0.39, 0.29) is 6.10 Å². The maximum absolute atomic E-state index is 5.91. The van der Waals surface area contributed by atoms with E-state index in [1.54, 1.807) is 0 Å². The summed E-state index contributed by atoms with van der Waals surface area (Å²) < 4.78 is 16.7. The standard InChI is InChI=1S/C13H22O3/c1-3-15-13(2,16-10-12-9-14-12)11-7-5-4-6-8-11/h3,11-12H,1,4-10H2,2H3. The molecule has 0 aromatic heterocycles. The number of hydrogen-bond acceptors (Lipinski definition) is 3. The Labute approximate surface area is 97.8 Å². The Bertz CT molecular complexity index is 231. The lowest BCUT2D eigenvalue weighted by molar-refractivity contribution is -0.234. The van der Waals surface area contributed by atoms with E-state index in [4.69, 9.17) is 14.2 Å². The number of hydrogen-bond donors (Lipinski definition) is 0. The first-order valence-electron chi connectivity index (χ1n) is 6.29. The van der Waals surface area contributed by atoms with E-state index in [2.05, 4.69) is 6.58 Å². The highest BCUT2D eigenvalue weighted by Crippen LogP contribution is 2.36. The third-order valence-corrected chi connectivity index (χ3v) is 3.62. The lowest BCUT2D eigenvalue weighted by atomic mass is 9.83. The van der Waals surface area contributed by atoms with Crippen LogP contribution in [0, 0.1) is 5.92 Å². The smallest absolute Gasteiger partial charge is 0.209 e. The second kappa shape index (κ2) is 5.19. The first kappa shape index (κ1) is 11.9. The highest BCUT2D eigenvalue weighted by atomic mass is 16.7. The van der Waals surface area contributed by atoms with Gasteiger partial charge in [-0.3, -0.25) is 0 Å². The van der Waals surface area contributed by atoms with Crippen molar-refractivity contribution in [2.24, 2.45) is 5.92 Å². The molecule has 1 aliphatic carbocycles. The van der Waals surface area contributed by atoms with Crippen molar-refractivity contribution in [1.82, 2.24) is 0 Å². The van der Waals surface area contributed by atoms with Crippen LogP contribution in [-0.4, -0.2) is 25.1 Å². The minimum absolute atomic E-state index is 0.288. The van der Waals surface area contributed by atoms with Crippen LogP contribution >= 0.6 is 0 Å². The first-order valence-corrected chi connectivity index (χ1v) is 6.29. The van der Waals surface area contributed by atoms with E-state index >= 15 is 0 Å². The Morgan fingerprint density at radius 3 is 2.62 bits per heavy atom. The minimum atomic E-state index is -0.506. The van der Waals surface area contributed by atoms with Gasteiger partial charge in [-0.05, 0) is 12.8 Å². The Morgan fingerprint density at radius 1 is 1.38 bits per heavy atom. The third-order valence-electron chi connectivity index (χ3n) is 3.62. The van der Waals surface area contributed by atoms with E-state index in [1.165, 1.54) is 38.4 Å². The zero-order valence-corrected chi connectivity index (χ0v) is 10.1. The van der Waals surface area contributed by atoms with Gasteiger partial charge in [0.1, 0.15) is 6.10 Å². The molecule has 0 spiro atoms. The minimum Gasteiger partial charge on any atom is -0.471 e. The summed E-state index contributed by atoms with van der Waals surface area (Å²) in [5.41, 5.74) is 0. The van der Waals surface area contributed by atoms with Gasteiger partial charge in [0.2, 0.25) is 5.79 Å². The first-order chi connectivity index (χ1) is 7.74. The van der Waals surface area contributed by atoms with Crippen LogP contribution in [0.25, 0.3) is 0 Å². The van der Waals surface area contributed by atoms with Crippen molar-refractivity contribution in [3.05, 3.63) is 12.8 Å². The van der Waals surface area contributed by atoms with Crippen LogP contribution in [0.5, 0.6) is 0 Å². The van der Waals surface area contributed by atoms with Crippen LogP contribution in [0.4, 0.5) is 0 Å². The Kier molecular flexibility index (Phi) is 3.87. The van der Waals surface area contributed by atoms with Crippen molar-refractivity contribution in [3.8, 4) is 0 Å². The number of epoxide rings is 1. The predicted octanol–water partition coefficient (Wildman–Crippen LogP) is 2.86. The summed E-state index contributed by atoms with van der Waals surface area (Å²) in [6, 6.07) is 0. The Morgan fingerprint density at radius 2 is 2.06 bits per heavy atom. The fourth-order valence-electron chi connectivity index (χ4n) is 2.46. The number of ether oxygens (including phenoxy) is 3. The van der Waals surface area contributed by atoms with E-state index in [9.17, 15) is 0 Å². The molecule has 3 heteroatoms. The van der Waals surface area contributed by atoms with E-state index in [0.717, 1.165) is 6.61 Å². The molecular formula is C13H22O3. The summed E-state index contributed by atoms with van der Waals surface area (Å²) in [4.78, 5) is 0. The topological polar surface area (TPSA) is 31.0 Å². The van der Waals surface area contributed by atoms with Gasteiger partial charge in [-0.2, -0.15) is 0 Å². The van der Waals surface area contributed by atoms with Crippen LogP contribution in [-0.2, 0) is 14.2 Å². The molecule has 0 bridgehead atoms. The van der Waals surface area contributed by atoms with Crippen molar-refractivity contribution in [3.63, 3.8) is 0 Å². The molecule has 1 heterocycles. The molecule has 0 amide bonds. The summed E-state index contributed by atoms with van der Waals surface area (Å²) in [6.45, 7) is 7.15. The van der Waals surface area contributed by atoms with Gasteiger partial charge >= 0.3 is 0 Å². The van der Waals surface area contributed by atoms with Gasteiger partial charge in [0, 0.05) is 12.8 Å². The molecule has 16 heavy (non-hydrogen) atoms. The maximum Gasteiger partial charge on any atom is 0.209 e. The summed E-state index contributed by atoms with van der Waals surface area (Å²) in [5.74, 6) is -0.0216. The van der Waals surface area contributed by atoms with E-state index in [1.807, 2.05) is 6.92 Å². The van der Waals surface area contributed by atoms with Gasteiger partial charge in [0.15, 0.2) is 0 Å². The Hall–Kier alpha value is -0.540. The molecule has 2 fully saturated rings. The highest BCUT2D eigenvalue weighted by Gasteiger charge is 2.39. The number of rotatable bonds is 6. The lowest BCUT2D eigenvalue weighted by Crippen LogP contribution is -2.41. The van der Waals surface area contributed by atoms with E-state index in [0.29, 0.717) is 12.5 Å². The highest BCUT2D eigenvalue weighted by molar-refractivity contribution is 4.82. The third kappa shape index (κ3) is 2.98. The lowest BCUT2D eigenvalue weighted by Gasteiger charge is -2.38. The van der Waals surface area contributed by atoms with Crippen LogP contribution in [0.2, 0.25) is 0 Å². The second-order valence-corrected chi connectivity index (χ2v) is 4.90. The van der Waals surface area contributed by atoms with Crippen molar-refractivity contribution < 1.29 is 14.2 Å². The molecular weight excluding hydrogens is 204 g/mol. The molecule has 0 radical (unpaired) electrons. The molecule has 0 aromatic rings. The summed E-state index contributed by atoms with van der Waals surface area (Å²) in [5, 5.41) is 0. The van der Waals surface area contributed by atoms with Crippen LogP contribution in [0.15, 0.2) is 12.8 Å². The largest absolute Gasteiger partial charge is 0.471 e. The van der Waals surface area contributed by atoms with Gasteiger partial charge < -0.3 is 14.2 Å². The van der Waals surface area contributed by atoms with Crippen molar-refractivity contribution >= 4 is 0 Å². The fraction of sp³-hybridized carbons (Fsp3) is 0.846. The average molecular weight is 226 g/mol. The molecule has 0 N–H and O–H groups in total. The van der Waals surface area contributed by atoms with Crippen LogP contribution in [0.1, 0.15) is 39.0 Å². The zero-order chi connectivity index (χ0) is 11.4. The van der Waals surface area contributed by atoms with Gasteiger partial charge in [-0.25, -0.2) is 0 Å². The van der Waals surface area contributed by atoms with Crippen molar-refractivity contribution in [2.45, 2.75) is 50.9 Å². The fourth-order valence-corrected chi connectivity index (χ4v) is 2.46. The summed E-state index contributed by atoms with van der Waals surface area (Å²) in [6.07, 6.45) is 8.07.